The molecule has 16 heavy (non-hydrogen) atoms. The Labute approximate surface area is 94.4 Å². The lowest BCUT2D eigenvalue weighted by atomic mass is 10.1. The summed E-state index contributed by atoms with van der Waals surface area (Å²) in [7, 11) is 0. The molecule has 0 aromatic heterocycles. The summed E-state index contributed by atoms with van der Waals surface area (Å²) in [5.41, 5.74) is 6.57. The monoisotopic (exact) mass is 221 g/mol. The summed E-state index contributed by atoms with van der Waals surface area (Å²) in [5, 5.41) is 0. The third-order valence-corrected chi connectivity index (χ3v) is 2.10. The van der Waals surface area contributed by atoms with E-state index in [9.17, 15) is 9.59 Å². The Balaban J connectivity index is 2.49. The van der Waals surface area contributed by atoms with Crippen LogP contribution in [-0.4, -0.2) is 18.0 Å². The molecule has 1 atom stereocenters. The van der Waals surface area contributed by atoms with Crippen LogP contribution in [0.1, 0.15) is 18.9 Å². The van der Waals surface area contributed by atoms with E-state index < -0.39 is 18.0 Å². The highest BCUT2D eigenvalue weighted by molar-refractivity contribution is 5.88. The normalized spacial score (nSPS) is 11.9. The van der Waals surface area contributed by atoms with E-state index in [-0.39, 0.29) is 6.42 Å². The van der Waals surface area contributed by atoms with E-state index in [1.54, 1.807) is 6.92 Å². The van der Waals surface area contributed by atoms with Crippen LogP contribution < -0.4 is 5.73 Å². The standard InChI is InChI=1S/C12H15NO3/c1-2-11(14)16-12(15)10(13)8-9-6-4-3-5-7-9/h3-7,10H,2,8,13H2,1H3/t10-/m0/s1. The molecule has 0 bridgehead atoms. The van der Waals surface area contributed by atoms with Crippen molar-refractivity contribution in [3.05, 3.63) is 35.9 Å². The second-order valence-corrected chi connectivity index (χ2v) is 3.44. The Morgan fingerprint density at radius 2 is 1.94 bits per heavy atom. The van der Waals surface area contributed by atoms with Gasteiger partial charge in [0.15, 0.2) is 0 Å². The first-order chi connectivity index (χ1) is 7.63. The number of ether oxygens (including phenoxy) is 1. The molecule has 0 aliphatic carbocycles. The maximum Gasteiger partial charge on any atom is 0.330 e. The molecule has 1 aromatic carbocycles. The van der Waals surface area contributed by atoms with E-state index in [1.165, 1.54) is 0 Å². The average Bonchev–Trinajstić information content (AvgIpc) is 2.30. The van der Waals surface area contributed by atoms with Gasteiger partial charge < -0.3 is 10.5 Å². The molecule has 0 heterocycles. The van der Waals surface area contributed by atoms with E-state index in [2.05, 4.69) is 4.74 Å². The lowest BCUT2D eigenvalue weighted by Crippen LogP contribution is -2.35. The second kappa shape index (κ2) is 6.02. The Morgan fingerprint density at radius 1 is 1.31 bits per heavy atom. The van der Waals surface area contributed by atoms with Crippen molar-refractivity contribution in [1.29, 1.82) is 0 Å². The summed E-state index contributed by atoms with van der Waals surface area (Å²) in [5.74, 6) is -1.22. The first-order valence-electron chi connectivity index (χ1n) is 5.17. The number of rotatable bonds is 4. The molecule has 1 aromatic rings. The summed E-state index contributed by atoms with van der Waals surface area (Å²) in [6, 6.07) is 8.56. The number of hydrogen-bond donors (Lipinski definition) is 1. The summed E-state index contributed by atoms with van der Waals surface area (Å²) < 4.78 is 4.53. The van der Waals surface area contributed by atoms with Crippen LogP contribution in [0.4, 0.5) is 0 Å². The van der Waals surface area contributed by atoms with Crippen LogP contribution in [0.15, 0.2) is 30.3 Å². The molecule has 0 aliphatic rings. The third kappa shape index (κ3) is 3.82. The van der Waals surface area contributed by atoms with Crippen LogP contribution in [0, 0.1) is 0 Å². The van der Waals surface area contributed by atoms with E-state index in [0.29, 0.717) is 6.42 Å². The predicted octanol–water partition coefficient (Wildman–Crippen LogP) is 1.04. The van der Waals surface area contributed by atoms with Crippen molar-refractivity contribution >= 4 is 11.9 Å². The molecule has 4 nitrogen and oxygen atoms in total. The van der Waals surface area contributed by atoms with Gasteiger partial charge in [-0.2, -0.15) is 0 Å². The Kier molecular flexibility index (Phi) is 4.66. The number of nitrogens with two attached hydrogens (primary N) is 1. The fourth-order valence-electron chi connectivity index (χ4n) is 1.21. The smallest absolute Gasteiger partial charge is 0.330 e. The molecule has 0 saturated carbocycles. The van der Waals surface area contributed by atoms with Gasteiger partial charge in [-0.15, -0.1) is 0 Å². The molecule has 1 rings (SSSR count). The predicted molar refractivity (Wildman–Crippen MR) is 59.5 cm³/mol. The SMILES string of the molecule is CCC(=O)OC(=O)[C@@H](N)Cc1ccccc1. The van der Waals surface area contributed by atoms with Gasteiger partial charge in [-0.25, -0.2) is 4.79 Å². The first kappa shape index (κ1) is 12.4. The number of esters is 2. The molecule has 0 amide bonds. The molecular formula is C12H15NO3. The Morgan fingerprint density at radius 3 is 2.50 bits per heavy atom. The minimum Gasteiger partial charge on any atom is -0.392 e. The number of carbonyl (C=O) groups excluding carboxylic acids is 2. The molecule has 86 valence electrons. The zero-order valence-corrected chi connectivity index (χ0v) is 9.18. The van der Waals surface area contributed by atoms with Crippen molar-refractivity contribution in [2.24, 2.45) is 5.73 Å². The molecule has 0 aliphatic heterocycles. The van der Waals surface area contributed by atoms with Crippen molar-refractivity contribution in [2.75, 3.05) is 0 Å². The van der Waals surface area contributed by atoms with Crippen LogP contribution in [0.3, 0.4) is 0 Å². The minimum absolute atomic E-state index is 0.170. The summed E-state index contributed by atoms with van der Waals surface area (Å²) in [6.45, 7) is 1.62. The zero-order chi connectivity index (χ0) is 12.0. The molecule has 2 N–H and O–H groups in total. The minimum atomic E-state index is -0.794. The topological polar surface area (TPSA) is 69.4 Å². The van der Waals surface area contributed by atoms with Crippen molar-refractivity contribution in [2.45, 2.75) is 25.8 Å². The maximum absolute atomic E-state index is 11.3. The molecule has 4 heteroatoms. The first-order valence-corrected chi connectivity index (χ1v) is 5.17. The van der Waals surface area contributed by atoms with Crippen molar-refractivity contribution in [3.8, 4) is 0 Å². The quantitative estimate of drug-likeness (QED) is 0.609. The molecule has 0 unspecified atom stereocenters. The van der Waals surface area contributed by atoms with Gasteiger partial charge in [0.1, 0.15) is 6.04 Å². The van der Waals surface area contributed by atoms with Gasteiger partial charge in [-0.05, 0) is 12.0 Å². The summed E-state index contributed by atoms with van der Waals surface area (Å²) in [6.07, 6.45) is 0.542. The van der Waals surface area contributed by atoms with Crippen LogP contribution in [0.5, 0.6) is 0 Å². The molecule has 0 fully saturated rings. The van der Waals surface area contributed by atoms with Gasteiger partial charge in [0.05, 0.1) is 0 Å². The van der Waals surface area contributed by atoms with Gasteiger partial charge in [-0.3, -0.25) is 4.79 Å². The largest absolute Gasteiger partial charge is 0.392 e. The van der Waals surface area contributed by atoms with Crippen LogP contribution in [-0.2, 0) is 20.7 Å². The number of hydrogen-bond acceptors (Lipinski definition) is 4. The van der Waals surface area contributed by atoms with E-state index >= 15 is 0 Å². The van der Waals surface area contributed by atoms with Crippen LogP contribution in [0.2, 0.25) is 0 Å². The zero-order valence-electron chi connectivity index (χ0n) is 9.18. The van der Waals surface area contributed by atoms with E-state index in [4.69, 9.17) is 5.73 Å². The summed E-state index contributed by atoms with van der Waals surface area (Å²) >= 11 is 0. The van der Waals surface area contributed by atoms with E-state index in [0.717, 1.165) is 5.56 Å². The highest BCUT2D eigenvalue weighted by Crippen LogP contribution is 2.03. The van der Waals surface area contributed by atoms with Gasteiger partial charge in [0, 0.05) is 6.42 Å². The highest BCUT2D eigenvalue weighted by Gasteiger charge is 2.18. The fourth-order valence-corrected chi connectivity index (χ4v) is 1.21. The van der Waals surface area contributed by atoms with Crippen LogP contribution in [0.25, 0.3) is 0 Å². The maximum atomic E-state index is 11.3. The van der Waals surface area contributed by atoms with Crippen LogP contribution >= 0.6 is 0 Å². The molecule has 0 spiro atoms. The lowest BCUT2D eigenvalue weighted by molar-refractivity contribution is -0.160. The molecule has 0 saturated heterocycles. The van der Waals surface area contributed by atoms with E-state index in [1.807, 2.05) is 30.3 Å². The Hall–Kier alpha value is -1.68. The number of carbonyl (C=O) groups is 2. The van der Waals surface area contributed by atoms with Gasteiger partial charge in [0.25, 0.3) is 0 Å². The van der Waals surface area contributed by atoms with Crippen molar-refractivity contribution < 1.29 is 14.3 Å². The summed E-state index contributed by atoms with van der Waals surface area (Å²) in [4.78, 5) is 22.2. The van der Waals surface area contributed by atoms with Gasteiger partial charge in [-0.1, -0.05) is 37.3 Å². The highest BCUT2D eigenvalue weighted by atomic mass is 16.6. The fraction of sp³-hybridized carbons (Fsp3) is 0.333. The Bertz CT molecular complexity index is 362. The van der Waals surface area contributed by atoms with Crippen molar-refractivity contribution in [1.82, 2.24) is 0 Å². The van der Waals surface area contributed by atoms with Gasteiger partial charge >= 0.3 is 11.9 Å². The second-order valence-electron chi connectivity index (χ2n) is 3.44. The molecular weight excluding hydrogens is 206 g/mol. The molecule has 0 radical (unpaired) electrons. The third-order valence-electron chi connectivity index (χ3n) is 2.10. The van der Waals surface area contributed by atoms with Gasteiger partial charge in [0.2, 0.25) is 0 Å². The average molecular weight is 221 g/mol. The number of benzene rings is 1. The lowest BCUT2D eigenvalue weighted by Gasteiger charge is -2.09. The van der Waals surface area contributed by atoms with Crippen molar-refractivity contribution in [3.63, 3.8) is 0 Å².